The number of piperidine rings is 1. The lowest BCUT2D eigenvalue weighted by atomic mass is 9.98. The van der Waals surface area contributed by atoms with Crippen LogP contribution in [0.5, 0.6) is 0 Å². The number of nitrogens with zero attached hydrogens (tertiary/aromatic N) is 1. The van der Waals surface area contributed by atoms with Gasteiger partial charge in [0.1, 0.15) is 0 Å². The predicted molar refractivity (Wildman–Crippen MR) is 119 cm³/mol. The van der Waals surface area contributed by atoms with Crippen LogP contribution < -0.4 is 16.0 Å². The van der Waals surface area contributed by atoms with Crippen molar-refractivity contribution >= 4 is 34.9 Å². The fourth-order valence-electron chi connectivity index (χ4n) is 3.42. The second-order valence-corrected chi connectivity index (χ2v) is 8.80. The largest absolute Gasteiger partial charge is 0.351 e. The maximum atomic E-state index is 12.9. The van der Waals surface area contributed by atoms with Crippen LogP contribution in [-0.4, -0.2) is 42.4 Å². The number of aryl methyl sites for hydroxylation is 1. The van der Waals surface area contributed by atoms with Gasteiger partial charge >= 0.3 is 6.03 Å². The molecule has 1 saturated heterocycles. The zero-order valence-corrected chi connectivity index (χ0v) is 18.2. The summed E-state index contributed by atoms with van der Waals surface area (Å²) in [5.74, 6) is 0.155. The summed E-state index contributed by atoms with van der Waals surface area (Å²) in [5.41, 5.74) is 1.90. The molecule has 4 amide bonds. The van der Waals surface area contributed by atoms with Gasteiger partial charge in [0.2, 0.25) is 5.91 Å². The molecule has 1 aliphatic heterocycles. The molecule has 2 aromatic rings. The Bertz CT molecular complexity index is 894. The van der Waals surface area contributed by atoms with E-state index < -0.39 is 0 Å². The third kappa shape index (κ3) is 6.32. The smallest absolute Gasteiger partial charge is 0.319 e. The topological polar surface area (TPSA) is 90.5 Å². The highest BCUT2D eigenvalue weighted by atomic mass is 32.1. The first-order valence-electron chi connectivity index (χ1n) is 10.1. The van der Waals surface area contributed by atoms with Crippen molar-refractivity contribution < 1.29 is 14.4 Å². The van der Waals surface area contributed by atoms with Gasteiger partial charge in [0.05, 0.1) is 11.4 Å². The van der Waals surface area contributed by atoms with E-state index in [-0.39, 0.29) is 23.8 Å². The van der Waals surface area contributed by atoms with Gasteiger partial charge in [-0.15, -0.1) is 11.3 Å². The summed E-state index contributed by atoms with van der Waals surface area (Å²) in [6, 6.07) is 11.1. The highest BCUT2D eigenvalue weighted by Gasteiger charge is 2.25. The van der Waals surface area contributed by atoms with E-state index in [9.17, 15) is 14.4 Å². The van der Waals surface area contributed by atoms with Crippen molar-refractivity contribution in [1.29, 1.82) is 0 Å². The number of likely N-dealkylation sites (tertiary alicyclic amines) is 1. The van der Waals surface area contributed by atoms with E-state index in [1.165, 1.54) is 18.3 Å². The van der Waals surface area contributed by atoms with Crippen LogP contribution in [0, 0.1) is 12.8 Å². The molecule has 1 aromatic heterocycles. The van der Waals surface area contributed by atoms with Crippen LogP contribution in [0.4, 0.5) is 10.5 Å². The Kier molecular flexibility index (Phi) is 7.46. The number of carbonyl (C=O) groups excluding carboxylic acids is 3. The first-order valence-corrected chi connectivity index (χ1v) is 11.0. The molecule has 2 heterocycles. The summed E-state index contributed by atoms with van der Waals surface area (Å²) in [6.07, 6.45) is 1.90. The van der Waals surface area contributed by atoms with E-state index in [2.05, 4.69) is 16.0 Å². The van der Waals surface area contributed by atoms with E-state index in [1.807, 2.05) is 48.2 Å². The Morgan fingerprint density at radius 2 is 1.87 bits per heavy atom. The molecule has 0 aliphatic carbocycles. The average molecular weight is 429 g/mol. The molecule has 1 aromatic carbocycles. The number of nitrogens with one attached hydrogen (secondary N) is 3. The van der Waals surface area contributed by atoms with Crippen LogP contribution in [0.3, 0.4) is 0 Å². The lowest BCUT2D eigenvalue weighted by Crippen LogP contribution is -2.44. The minimum atomic E-state index is -0.233. The zero-order chi connectivity index (χ0) is 21.5. The van der Waals surface area contributed by atoms with Crippen molar-refractivity contribution in [2.24, 2.45) is 5.92 Å². The Balaban J connectivity index is 1.47. The third-order valence-electron chi connectivity index (χ3n) is 5.05. The van der Waals surface area contributed by atoms with Crippen molar-refractivity contribution in [3.05, 3.63) is 51.7 Å². The Hall–Kier alpha value is -2.87. The molecule has 7 nitrogen and oxygen atoms in total. The summed E-state index contributed by atoms with van der Waals surface area (Å²) in [5, 5.41) is 8.50. The molecule has 30 heavy (non-hydrogen) atoms. The summed E-state index contributed by atoms with van der Waals surface area (Å²) < 4.78 is 0. The number of rotatable bonds is 6. The van der Waals surface area contributed by atoms with E-state index in [0.29, 0.717) is 24.5 Å². The van der Waals surface area contributed by atoms with Gasteiger partial charge in [0.15, 0.2) is 0 Å². The molecule has 1 atom stereocenters. The fourth-order valence-corrected chi connectivity index (χ4v) is 4.34. The number of hydrogen-bond donors (Lipinski definition) is 3. The predicted octanol–water partition coefficient (Wildman–Crippen LogP) is 3.37. The maximum Gasteiger partial charge on any atom is 0.319 e. The molecule has 160 valence electrons. The van der Waals surface area contributed by atoms with Crippen LogP contribution >= 0.6 is 11.3 Å². The lowest BCUT2D eigenvalue weighted by Gasteiger charge is -2.32. The normalized spacial score (nSPS) is 16.1. The minimum Gasteiger partial charge on any atom is -0.351 e. The molecular weight excluding hydrogens is 400 g/mol. The second-order valence-electron chi connectivity index (χ2n) is 7.64. The Labute approximate surface area is 180 Å². The average Bonchev–Trinajstić information content (AvgIpc) is 3.21. The van der Waals surface area contributed by atoms with Crippen molar-refractivity contribution in [3.8, 4) is 0 Å². The monoisotopic (exact) mass is 428 g/mol. The number of thiophene rings is 1. The van der Waals surface area contributed by atoms with Crippen molar-refractivity contribution in [1.82, 2.24) is 15.5 Å². The molecule has 0 bridgehead atoms. The third-order valence-corrected chi connectivity index (χ3v) is 6.12. The quantitative estimate of drug-likeness (QED) is 0.659. The fraction of sp³-hybridized carbons (Fsp3) is 0.409. The summed E-state index contributed by atoms with van der Waals surface area (Å²) in [6.45, 7) is 5.80. The number of carbonyl (C=O) groups is 3. The highest BCUT2D eigenvalue weighted by Crippen LogP contribution is 2.22. The number of hydrogen-bond acceptors (Lipinski definition) is 4. The van der Waals surface area contributed by atoms with Gasteiger partial charge < -0.3 is 20.9 Å². The lowest BCUT2D eigenvalue weighted by molar-refractivity contribution is -0.119. The summed E-state index contributed by atoms with van der Waals surface area (Å²) in [4.78, 5) is 39.6. The number of urea groups is 1. The highest BCUT2D eigenvalue weighted by molar-refractivity contribution is 7.14. The Morgan fingerprint density at radius 3 is 2.60 bits per heavy atom. The molecule has 0 radical (unpaired) electrons. The van der Waals surface area contributed by atoms with Crippen LogP contribution in [0.2, 0.25) is 0 Å². The van der Waals surface area contributed by atoms with E-state index in [0.717, 1.165) is 35.5 Å². The molecule has 1 unspecified atom stereocenters. The number of anilines is 1. The summed E-state index contributed by atoms with van der Waals surface area (Å²) >= 11 is 1.41. The van der Waals surface area contributed by atoms with E-state index in [1.54, 1.807) is 0 Å². The molecule has 3 N–H and O–H groups in total. The summed E-state index contributed by atoms with van der Waals surface area (Å²) in [7, 11) is 0. The first-order chi connectivity index (χ1) is 14.4. The van der Waals surface area contributed by atoms with Crippen molar-refractivity contribution in [2.45, 2.75) is 33.2 Å². The van der Waals surface area contributed by atoms with Gasteiger partial charge in [-0.1, -0.05) is 17.7 Å². The van der Waals surface area contributed by atoms with Gasteiger partial charge in [-0.3, -0.25) is 9.59 Å². The molecular formula is C22H28N4O3S. The van der Waals surface area contributed by atoms with Gasteiger partial charge in [0, 0.05) is 37.1 Å². The molecule has 1 aliphatic rings. The van der Waals surface area contributed by atoms with Crippen molar-refractivity contribution in [2.75, 3.05) is 25.0 Å². The van der Waals surface area contributed by atoms with E-state index in [4.69, 9.17) is 0 Å². The van der Waals surface area contributed by atoms with Gasteiger partial charge in [0.25, 0.3) is 5.91 Å². The molecule has 0 saturated carbocycles. The molecule has 8 heteroatoms. The first kappa shape index (κ1) is 21.8. The van der Waals surface area contributed by atoms with Crippen LogP contribution in [0.25, 0.3) is 0 Å². The maximum absolute atomic E-state index is 12.9. The number of amides is 4. The van der Waals surface area contributed by atoms with E-state index >= 15 is 0 Å². The molecule has 3 rings (SSSR count). The van der Waals surface area contributed by atoms with Crippen LogP contribution in [0.15, 0.2) is 36.4 Å². The molecule has 1 fully saturated rings. The zero-order valence-electron chi connectivity index (χ0n) is 17.4. The molecule has 0 spiro atoms. The van der Waals surface area contributed by atoms with Gasteiger partial charge in [-0.25, -0.2) is 4.79 Å². The Morgan fingerprint density at radius 1 is 1.10 bits per heavy atom. The van der Waals surface area contributed by atoms with Gasteiger partial charge in [-0.2, -0.15) is 0 Å². The SMILES string of the molecule is CC(=O)NCc1ccc(C(=O)N2CCCC(CNC(=O)Nc3ccc(C)cc3)C2)s1. The van der Waals surface area contributed by atoms with Crippen LogP contribution in [-0.2, 0) is 11.3 Å². The van der Waals surface area contributed by atoms with Crippen molar-refractivity contribution in [3.63, 3.8) is 0 Å². The minimum absolute atomic E-state index is 0.0166. The van der Waals surface area contributed by atoms with Crippen LogP contribution in [0.1, 0.15) is 39.9 Å². The second kappa shape index (κ2) is 10.2. The number of benzene rings is 1. The standard InChI is InChI=1S/C22H28N4O3S/c1-15-5-7-18(8-6-15)25-22(29)24-12-17-4-3-11-26(14-17)21(28)20-10-9-19(30-20)13-23-16(2)27/h5-10,17H,3-4,11-14H2,1-2H3,(H,23,27)(H2,24,25,29). The van der Waals surface area contributed by atoms with Gasteiger partial charge in [-0.05, 0) is 49.9 Å².